The highest BCUT2D eigenvalue weighted by Crippen LogP contribution is 2.26. The largest absolute Gasteiger partial charge is 0.299 e. The van der Waals surface area contributed by atoms with Crippen LogP contribution in [-0.2, 0) is 14.4 Å². The van der Waals surface area contributed by atoms with Crippen molar-refractivity contribution in [3.8, 4) is 0 Å². The molecule has 0 aromatic carbocycles. The maximum atomic E-state index is 12.1. The average Bonchev–Trinajstić information content (AvgIpc) is 2.60. The van der Waals surface area contributed by atoms with Crippen molar-refractivity contribution in [2.45, 2.75) is 60.3 Å². The van der Waals surface area contributed by atoms with Crippen LogP contribution in [0.5, 0.6) is 0 Å². The van der Waals surface area contributed by atoms with Gasteiger partial charge in [0.05, 0.1) is 0 Å². The van der Waals surface area contributed by atoms with Crippen LogP contribution in [0.25, 0.3) is 0 Å². The number of nitrogens with zero attached hydrogens (tertiary/aromatic N) is 1. The molecule has 1 saturated heterocycles. The molecule has 1 unspecified atom stereocenters. The van der Waals surface area contributed by atoms with Crippen LogP contribution >= 0.6 is 0 Å². The number of carbonyl (C=O) groups is 3. The summed E-state index contributed by atoms with van der Waals surface area (Å²) < 4.78 is 0. The van der Waals surface area contributed by atoms with Gasteiger partial charge in [0, 0.05) is 30.7 Å². The molecule has 1 rings (SSSR count). The lowest BCUT2D eigenvalue weighted by molar-refractivity contribution is -0.139. The van der Waals surface area contributed by atoms with Crippen LogP contribution in [-0.4, -0.2) is 29.0 Å². The summed E-state index contributed by atoms with van der Waals surface area (Å²) in [4.78, 5) is 37.1. The number of hydrogen-bond donors (Lipinski definition) is 0. The maximum absolute atomic E-state index is 12.1. The van der Waals surface area contributed by atoms with Crippen LogP contribution in [0.15, 0.2) is 0 Å². The summed E-state index contributed by atoms with van der Waals surface area (Å²) >= 11 is 0. The number of imide groups is 1. The fraction of sp³-hybridized carbons (Fsp3) is 0.812. The summed E-state index contributed by atoms with van der Waals surface area (Å²) in [5.74, 6) is 0.192. The number of hydrogen-bond acceptors (Lipinski definition) is 3. The Bertz CT molecular complexity index is 393. The van der Waals surface area contributed by atoms with E-state index < -0.39 is 0 Å². The van der Waals surface area contributed by atoms with E-state index in [4.69, 9.17) is 0 Å². The summed E-state index contributed by atoms with van der Waals surface area (Å²) in [6, 6.07) is 0. The zero-order valence-corrected chi connectivity index (χ0v) is 13.4. The summed E-state index contributed by atoms with van der Waals surface area (Å²) in [5, 5.41) is 0. The van der Waals surface area contributed by atoms with Crippen molar-refractivity contribution in [3.05, 3.63) is 0 Å². The number of likely N-dealkylation sites (tertiary alicyclic amines) is 1. The lowest BCUT2D eigenvalue weighted by Gasteiger charge is -2.18. The van der Waals surface area contributed by atoms with Gasteiger partial charge in [-0.2, -0.15) is 0 Å². The zero-order chi connectivity index (χ0) is 15.5. The molecular weight excluding hydrogens is 254 g/mol. The van der Waals surface area contributed by atoms with Crippen LogP contribution < -0.4 is 0 Å². The van der Waals surface area contributed by atoms with Gasteiger partial charge in [0.15, 0.2) is 0 Å². The van der Waals surface area contributed by atoms with Crippen LogP contribution in [0.4, 0.5) is 0 Å². The third-order valence-corrected chi connectivity index (χ3v) is 3.96. The Morgan fingerprint density at radius 3 is 2.30 bits per heavy atom. The number of carbonyl (C=O) groups excluding carboxylic acids is 3. The highest BCUT2D eigenvalue weighted by Gasteiger charge is 2.39. The monoisotopic (exact) mass is 281 g/mol. The molecule has 1 fully saturated rings. The smallest absolute Gasteiger partial charge is 0.233 e. The highest BCUT2D eigenvalue weighted by molar-refractivity contribution is 6.03. The molecule has 0 aromatic heterocycles. The summed E-state index contributed by atoms with van der Waals surface area (Å²) in [6.45, 7) is 10.1. The standard InChI is InChI=1S/C16H27NO3/c1-11(2)12-10-14(19)17(15(12)20)9-7-6-8-13(18)16(3,4)5/h11-12H,6-10H2,1-5H3. The lowest BCUT2D eigenvalue weighted by atomic mass is 9.88. The number of unbranched alkanes of at least 4 members (excludes halogenated alkanes) is 1. The molecule has 114 valence electrons. The Kier molecular flexibility index (Phi) is 5.49. The fourth-order valence-corrected chi connectivity index (χ4v) is 2.39. The topological polar surface area (TPSA) is 54.5 Å². The first kappa shape index (κ1) is 16.9. The van der Waals surface area contributed by atoms with Crippen LogP contribution in [0, 0.1) is 17.3 Å². The Morgan fingerprint density at radius 2 is 1.85 bits per heavy atom. The van der Waals surface area contributed by atoms with Crippen molar-refractivity contribution >= 4 is 17.6 Å². The summed E-state index contributed by atoms with van der Waals surface area (Å²) in [7, 11) is 0. The van der Waals surface area contributed by atoms with Gasteiger partial charge in [0.1, 0.15) is 5.78 Å². The molecule has 4 nitrogen and oxygen atoms in total. The molecule has 0 saturated carbocycles. The van der Waals surface area contributed by atoms with E-state index in [0.717, 1.165) is 6.42 Å². The summed E-state index contributed by atoms with van der Waals surface area (Å²) in [5.41, 5.74) is -0.304. The molecule has 1 heterocycles. The predicted octanol–water partition coefficient (Wildman–Crippen LogP) is 2.80. The van der Waals surface area contributed by atoms with Crippen LogP contribution in [0.1, 0.15) is 60.3 Å². The van der Waals surface area contributed by atoms with Gasteiger partial charge in [0.25, 0.3) is 0 Å². The molecule has 4 heteroatoms. The van der Waals surface area contributed by atoms with Gasteiger partial charge in [-0.25, -0.2) is 0 Å². The third kappa shape index (κ3) is 4.15. The lowest BCUT2D eigenvalue weighted by Crippen LogP contribution is -2.32. The molecule has 0 bridgehead atoms. The molecule has 2 amide bonds. The van der Waals surface area contributed by atoms with Crippen molar-refractivity contribution in [2.24, 2.45) is 17.3 Å². The van der Waals surface area contributed by atoms with E-state index in [2.05, 4.69) is 0 Å². The molecular formula is C16H27NO3. The minimum absolute atomic E-state index is 0.0350. The van der Waals surface area contributed by atoms with Gasteiger partial charge < -0.3 is 0 Å². The second-order valence-electron chi connectivity index (χ2n) is 7.07. The first-order valence-corrected chi connectivity index (χ1v) is 7.52. The molecule has 0 aromatic rings. The minimum atomic E-state index is -0.304. The maximum Gasteiger partial charge on any atom is 0.233 e. The number of Topliss-reactive ketones (excluding diaryl/α,β-unsaturated/α-hetero) is 1. The van der Waals surface area contributed by atoms with Crippen molar-refractivity contribution in [3.63, 3.8) is 0 Å². The quantitative estimate of drug-likeness (QED) is 0.555. The van der Waals surface area contributed by atoms with Crippen molar-refractivity contribution in [1.29, 1.82) is 0 Å². The molecule has 0 spiro atoms. The van der Waals surface area contributed by atoms with Gasteiger partial charge in [-0.05, 0) is 18.8 Å². The minimum Gasteiger partial charge on any atom is -0.299 e. The predicted molar refractivity (Wildman–Crippen MR) is 78.0 cm³/mol. The Labute approximate surface area is 121 Å². The van der Waals surface area contributed by atoms with Crippen molar-refractivity contribution in [1.82, 2.24) is 4.90 Å². The second-order valence-corrected chi connectivity index (χ2v) is 7.07. The number of amides is 2. The molecule has 20 heavy (non-hydrogen) atoms. The van der Waals surface area contributed by atoms with Crippen LogP contribution in [0.3, 0.4) is 0 Å². The molecule has 1 atom stereocenters. The van der Waals surface area contributed by atoms with Gasteiger partial charge >= 0.3 is 0 Å². The Hall–Kier alpha value is -1.19. The van der Waals surface area contributed by atoms with E-state index in [9.17, 15) is 14.4 Å². The molecule has 0 N–H and O–H groups in total. The first-order chi connectivity index (χ1) is 9.14. The molecule has 0 aliphatic carbocycles. The number of rotatable bonds is 6. The van der Waals surface area contributed by atoms with Gasteiger partial charge in [-0.3, -0.25) is 19.3 Å². The van der Waals surface area contributed by atoms with E-state index in [1.54, 1.807) is 0 Å². The molecule has 1 aliphatic heterocycles. The first-order valence-electron chi connectivity index (χ1n) is 7.52. The Balaban J connectivity index is 2.38. The molecule has 0 radical (unpaired) electrons. The Morgan fingerprint density at radius 1 is 1.25 bits per heavy atom. The van der Waals surface area contributed by atoms with Gasteiger partial charge in [-0.15, -0.1) is 0 Å². The number of ketones is 1. The third-order valence-electron chi connectivity index (χ3n) is 3.96. The van der Waals surface area contributed by atoms with Crippen molar-refractivity contribution in [2.75, 3.05) is 6.54 Å². The van der Waals surface area contributed by atoms with Crippen LogP contribution in [0.2, 0.25) is 0 Å². The zero-order valence-electron chi connectivity index (χ0n) is 13.4. The van der Waals surface area contributed by atoms with E-state index in [0.29, 0.717) is 25.8 Å². The SMILES string of the molecule is CC(C)C1CC(=O)N(CCCCC(=O)C(C)(C)C)C1=O. The second kappa shape index (κ2) is 6.51. The van der Waals surface area contributed by atoms with Gasteiger partial charge in [0.2, 0.25) is 11.8 Å². The normalized spacial score (nSPS) is 20.1. The van der Waals surface area contributed by atoms with Gasteiger partial charge in [-0.1, -0.05) is 34.6 Å². The molecule has 1 aliphatic rings. The fourth-order valence-electron chi connectivity index (χ4n) is 2.39. The summed E-state index contributed by atoms with van der Waals surface area (Å²) in [6.07, 6.45) is 2.31. The highest BCUT2D eigenvalue weighted by atomic mass is 16.2. The van der Waals surface area contributed by atoms with Crippen molar-refractivity contribution < 1.29 is 14.4 Å². The van der Waals surface area contributed by atoms with E-state index in [1.807, 2.05) is 34.6 Å². The van der Waals surface area contributed by atoms with E-state index in [-0.39, 0.29) is 34.8 Å². The van der Waals surface area contributed by atoms with E-state index >= 15 is 0 Å². The van der Waals surface area contributed by atoms with E-state index in [1.165, 1.54) is 4.90 Å². The average molecular weight is 281 g/mol.